The molecule has 3 aliphatic rings. The normalized spacial score (nSPS) is 17.0. The first kappa shape index (κ1) is 29.7. The van der Waals surface area contributed by atoms with Crippen molar-refractivity contribution in [1.82, 2.24) is 0 Å². The molecule has 0 heterocycles. The van der Waals surface area contributed by atoms with Crippen LogP contribution in [0.3, 0.4) is 0 Å². The predicted octanol–water partition coefficient (Wildman–Crippen LogP) is 14.0. The van der Waals surface area contributed by atoms with E-state index in [2.05, 4.69) is 158 Å². The zero-order valence-electron chi connectivity index (χ0n) is 28.3. The number of rotatable bonds is 4. The minimum atomic E-state index is 0.613. The van der Waals surface area contributed by atoms with Gasteiger partial charge < -0.3 is 0 Å². The molecule has 1 fully saturated rings. The van der Waals surface area contributed by atoms with Crippen LogP contribution in [0.2, 0.25) is 0 Å². The fraction of sp³-hybridized carbons (Fsp3) is 0.143. The fourth-order valence-electron chi connectivity index (χ4n) is 8.78. The fourth-order valence-corrected chi connectivity index (χ4v) is 8.78. The van der Waals surface area contributed by atoms with E-state index in [-0.39, 0.29) is 0 Å². The SMILES string of the molecule is C1=CCCC(c2cccc3c2-c2c(-c4c5ccccc5c(-c5ccccc5-c5ccccc5)c5ccccc45)cccc2C2CC32)=C1.CC. The second-order valence-electron chi connectivity index (χ2n) is 13.4. The average molecular weight is 629 g/mol. The van der Waals surface area contributed by atoms with E-state index in [1.807, 2.05) is 13.8 Å². The molecule has 0 aromatic heterocycles. The minimum absolute atomic E-state index is 0.613. The highest BCUT2D eigenvalue weighted by molar-refractivity contribution is 6.23. The molecular formula is C49H40. The summed E-state index contributed by atoms with van der Waals surface area (Å²) in [6.45, 7) is 4.00. The van der Waals surface area contributed by atoms with E-state index in [0.717, 1.165) is 12.8 Å². The summed E-state index contributed by atoms with van der Waals surface area (Å²) in [7, 11) is 0. The molecule has 0 aliphatic heterocycles. The van der Waals surface area contributed by atoms with Gasteiger partial charge in [-0.25, -0.2) is 0 Å². The summed E-state index contributed by atoms with van der Waals surface area (Å²) in [5.74, 6) is 1.25. The van der Waals surface area contributed by atoms with E-state index in [1.165, 1.54) is 89.2 Å². The smallest absolute Gasteiger partial charge is 0.00200 e. The third-order valence-electron chi connectivity index (χ3n) is 10.9. The molecule has 236 valence electrons. The van der Waals surface area contributed by atoms with Gasteiger partial charge in [-0.15, -0.1) is 0 Å². The molecule has 49 heavy (non-hydrogen) atoms. The van der Waals surface area contributed by atoms with Crippen molar-refractivity contribution in [2.45, 2.75) is 44.9 Å². The van der Waals surface area contributed by atoms with Crippen LogP contribution < -0.4 is 0 Å². The van der Waals surface area contributed by atoms with Crippen molar-refractivity contribution in [2.24, 2.45) is 0 Å². The molecule has 7 aromatic carbocycles. The number of hydrogen-bond donors (Lipinski definition) is 0. The van der Waals surface area contributed by atoms with Gasteiger partial charge in [0.25, 0.3) is 0 Å². The number of hydrogen-bond acceptors (Lipinski definition) is 0. The molecule has 1 saturated carbocycles. The summed E-state index contributed by atoms with van der Waals surface area (Å²) in [5.41, 5.74) is 16.7. The zero-order chi connectivity index (χ0) is 32.9. The lowest BCUT2D eigenvalue weighted by atomic mass is 9.75. The molecule has 2 atom stereocenters. The Morgan fingerprint density at radius 1 is 0.429 bits per heavy atom. The van der Waals surface area contributed by atoms with Crippen LogP contribution in [-0.4, -0.2) is 0 Å². The summed E-state index contributed by atoms with van der Waals surface area (Å²) in [4.78, 5) is 0. The highest BCUT2D eigenvalue weighted by atomic mass is 14.5. The van der Waals surface area contributed by atoms with Gasteiger partial charge in [0.15, 0.2) is 0 Å². The molecule has 0 bridgehead atoms. The summed E-state index contributed by atoms with van der Waals surface area (Å²) in [5, 5.41) is 5.23. The molecule has 10 rings (SSSR count). The van der Waals surface area contributed by atoms with Gasteiger partial charge in [-0.1, -0.05) is 172 Å². The Kier molecular flexibility index (Phi) is 7.39. The van der Waals surface area contributed by atoms with Crippen molar-refractivity contribution in [1.29, 1.82) is 0 Å². The number of fused-ring (bicyclic) bond motifs is 8. The molecule has 0 heteroatoms. The van der Waals surface area contributed by atoms with Crippen LogP contribution in [-0.2, 0) is 0 Å². The van der Waals surface area contributed by atoms with Gasteiger partial charge in [-0.2, -0.15) is 0 Å². The third-order valence-corrected chi connectivity index (χ3v) is 10.9. The van der Waals surface area contributed by atoms with E-state index in [1.54, 1.807) is 5.56 Å². The molecule has 2 unspecified atom stereocenters. The first-order valence-corrected chi connectivity index (χ1v) is 18.1. The van der Waals surface area contributed by atoms with E-state index >= 15 is 0 Å². The topological polar surface area (TPSA) is 0 Å². The number of allylic oxidation sites excluding steroid dienone is 4. The Bertz CT molecular complexity index is 2380. The lowest BCUT2D eigenvalue weighted by Crippen LogP contribution is -2.05. The molecular weight excluding hydrogens is 589 g/mol. The Balaban J connectivity index is 0.00000160. The lowest BCUT2D eigenvalue weighted by molar-refractivity contribution is 0.999. The van der Waals surface area contributed by atoms with Crippen LogP contribution in [0, 0.1) is 0 Å². The van der Waals surface area contributed by atoms with Crippen LogP contribution in [0.5, 0.6) is 0 Å². The Labute approximate surface area is 290 Å². The molecule has 7 aromatic rings. The highest BCUT2D eigenvalue weighted by Crippen LogP contribution is 2.65. The summed E-state index contributed by atoms with van der Waals surface area (Å²) in [6, 6.07) is 52.3. The van der Waals surface area contributed by atoms with E-state index in [9.17, 15) is 0 Å². The van der Waals surface area contributed by atoms with Crippen molar-refractivity contribution >= 4 is 27.1 Å². The van der Waals surface area contributed by atoms with Crippen molar-refractivity contribution in [3.05, 3.63) is 174 Å². The van der Waals surface area contributed by atoms with Crippen LogP contribution >= 0.6 is 0 Å². The predicted molar refractivity (Wildman–Crippen MR) is 211 cm³/mol. The van der Waals surface area contributed by atoms with Gasteiger partial charge in [-0.05, 0) is 119 Å². The number of benzene rings is 7. The van der Waals surface area contributed by atoms with Crippen molar-refractivity contribution in [3.8, 4) is 44.5 Å². The first-order valence-electron chi connectivity index (χ1n) is 18.1. The monoisotopic (exact) mass is 628 g/mol. The van der Waals surface area contributed by atoms with Gasteiger partial charge in [-0.3, -0.25) is 0 Å². The summed E-state index contributed by atoms with van der Waals surface area (Å²) < 4.78 is 0. The largest absolute Gasteiger partial charge is 0.0842 e. The van der Waals surface area contributed by atoms with Crippen LogP contribution in [0.1, 0.15) is 61.6 Å². The Hall–Kier alpha value is -5.46. The molecule has 0 amide bonds. The van der Waals surface area contributed by atoms with Crippen LogP contribution in [0.4, 0.5) is 0 Å². The van der Waals surface area contributed by atoms with Gasteiger partial charge in [0, 0.05) is 0 Å². The van der Waals surface area contributed by atoms with E-state index in [4.69, 9.17) is 0 Å². The maximum Gasteiger partial charge on any atom is -0.00200 e. The maximum absolute atomic E-state index is 2.42. The van der Waals surface area contributed by atoms with E-state index < -0.39 is 0 Å². The molecule has 0 saturated heterocycles. The van der Waals surface area contributed by atoms with Crippen LogP contribution in [0.25, 0.3) is 71.6 Å². The summed E-state index contributed by atoms with van der Waals surface area (Å²) >= 11 is 0. The standard InChI is InChI=1S/C47H34.C2H6/c1-3-15-30(16-4-1)32-19-7-8-20-34(32)44-35-21-9-11-23-37(35)45(38-24-12-10-22-36(38)44)41-28-14-27-40-43-29-42(43)39-26-13-25-33(46(39)47(40)41)31-17-5-2-6-18-31;1-2/h1-5,7-17,19-28,42-43H,6,18,29H2;1-2H3. The highest BCUT2D eigenvalue weighted by Gasteiger charge is 2.47. The molecule has 0 spiro atoms. The van der Waals surface area contributed by atoms with Crippen molar-refractivity contribution in [2.75, 3.05) is 0 Å². The van der Waals surface area contributed by atoms with Gasteiger partial charge in [0.05, 0.1) is 0 Å². The molecule has 0 N–H and O–H groups in total. The van der Waals surface area contributed by atoms with Crippen molar-refractivity contribution < 1.29 is 0 Å². The first-order chi connectivity index (χ1) is 24.4. The van der Waals surface area contributed by atoms with Gasteiger partial charge in [0.2, 0.25) is 0 Å². The van der Waals surface area contributed by atoms with Gasteiger partial charge in [0.1, 0.15) is 0 Å². The molecule has 0 nitrogen and oxygen atoms in total. The maximum atomic E-state index is 2.42. The second-order valence-corrected chi connectivity index (χ2v) is 13.4. The zero-order valence-corrected chi connectivity index (χ0v) is 28.3. The molecule has 3 aliphatic carbocycles. The Morgan fingerprint density at radius 3 is 1.51 bits per heavy atom. The lowest BCUT2D eigenvalue weighted by Gasteiger charge is -2.28. The Morgan fingerprint density at radius 2 is 0.918 bits per heavy atom. The average Bonchev–Trinajstić information content (AvgIpc) is 4.00. The second kappa shape index (κ2) is 12.2. The van der Waals surface area contributed by atoms with E-state index in [0.29, 0.717) is 11.8 Å². The summed E-state index contributed by atoms with van der Waals surface area (Å²) in [6.07, 6.45) is 10.4. The van der Waals surface area contributed by atoms with Crippen molar-refractivity contribution in [3.63, 3.8) is 0 Å². The van der Waals surface area contributed by atoms with Crippen LogP contribution in [0.15, 0.2) is 158 Å². The minimum Gasteiger partial charge on any atom is -0.0842 e. The molecule has 0 radical (unpaired) electrons. The van der Waals surface area contributed by atoms with Gasteiger partial charge >= 0.3 is 0 Å². The third kappa shape index (κ3) is 4.73. The quantitative estimate of drug-likeness (QED) is 0.170.